The van der Waals surface area contributed by atoms with Gasteiger partial charge in [0.05, 0.1) is 50.0 Å². The Labute approximate surface area is 372 Å². The first-order chi connectivity index (χ1) is 29.8. The summed E-state index contributed by atoms with van der Waals surface area (Å²) in [7, 11) is 0. The molecule has 4 heteroatoms. The molecule has 0 aliphatic rings. The van der Waals surface area contributed by atoms with E-state index in [1.165, 1.54) is 43.8 Å². The van der Waals surface area contributed by atoms with Gasteiger partial charge in [-0.05, 0) is 117 Å². The van der Waals surface area contributed by atoms with Crippen molar-refractivity contribution in [3.63, 3.8) is 0 Å². The molecule has 0 aliphatic carbocycles. The molecule has 0 saturated carbocycles. The molecule has 3 heterocycles. The third-order valence-electron chi connectivity index (χ3n) is 13.5. The Bertz CT molecular complexity index is 3390. The average Bonchev–Trinajstić information content (AvgIpc) is 3.86. The Morgan fingerprint density at radius 3 is 1.11 bits per heavy atom. The lowest BCUT2D eigenvalue weighted by Crippen LogP contribution is -2.11. The van der Waals surface area contributed by atoms with E-state index >= 15 is 0 Å². The maximum atomic E-state index is 11.7. The highest BCUT2D eigenvalue weighted by molar-refractivity contribution is 6.20. The summed E-state index contributed by atoms with van der Waals surface area (Å²) in [6.07, 6.45) is 0. The van der Waals surface area contributed by atoms with Crippen molar-refractivity contribution in [3.05, 3.63) is 161 Å². The van der Waals surface area contributed by atoms with Gasteiger partial charge in [-0.3, -0.25) is 0 Å². The molecule has 7 aromatic carbocycles. The second kappa shape index (κ2) is 13.7. The Morgan fingerprint density at radius 1 is 0.349 bits per heavy atom. The molecule has 0 aliphatic heterocycles. The van der Waals surface area contributed by atoms with Crippen molar-refractivity contribution in [3.8, 4) is 23.1 Å². The summed E-state index contributed by atoms with van der Waals surface area (Å²) in [5.41, 5.74) is 15.0. The van der Waals surface area contributed by atoms with Crippen molar-refractivity contribution in [1.29, 1.82) is 5.26 Å². The summed E-state index contributed by atoms with van der Waals surface area (Å²) in [4.78, 5) is 0. The van der Waals surface area contributed by atoms with Crippen LogP contribution in [-0.2, 0) is 21.7 Å². The molecule has 0 saturated heterocycles. The van der Waals surface area contributed by atoms with Crippen LogP contribution in [0.15, 0.2) is 133 Å². The molecule has 10 aromatic rings. The van der Waals surface area contributed by atoms with Gasteiger partial charge in [0.25, 0.3) is 0 Å². The van der Waals surface area contributed by atoms with Crippen molar-refractivity contribution in [1.82, 2.24) is 13.7 Å². The molecule has 0 amide bonds. The molecule has 0 atom stereocenters. The third-order valence-corrected chi connectivity index (χ3v) is 13.5. The molecular formula is C59H58N4. The van der Waals surface area contributed by atoms with E-state index in [2.05, 4.69) is 236 Å². The molecule has 0 N–H and O–H groups in total. The molecule has 0 fully saturated rings. The van der Waals surface area contributed by atoms with Crippen molar-refractivity contribution in [2.75, 3.05) is 0 Å². The summed E-state index contributed by atoms with van der Waals surface area (Å²) in [5, 5.41) is 18.7. The van der Waals surface area contributed by atoms with Crippen molar-refractivity contribution in [2.45, 2.75) is 105 Å². The highest BCUT2D eigenvalue weighted by Crippen LogP contribution is 2.48. The van der Waals surface area contributed by atoms with Gasteiger partial charge in [-0.15, -0.1) is 0 Å². The van der Waals surface area contributed by atoms with E-state index in [1.54, 1.807) is 0 Å². The topological polar surface area (TPSA) is 38.6 Å². The molecule has 63 heavy (non-hydrogen) atoms. The first-order valence-corrected chi connectivity index (χ1v) is 22.5. The predicted molar refractivity (Wildman–Crippen MR) is 269 cm³/mol. The Morgan fingerprint density at radius 2 is 0.714 bits per heavy atom. The molecule has 314 valence electrons. The maximum absolute atomic E-state index is 11.7. The molecule has 0 radical (unpaired) electrons. The normalized spacial score (nSPS) is 13.1. The van der Waals surface area contributed by atoms with E-state index < -0.39 is 0 Å². The van der Waals surface area contributed by atoms with Gasteiger partial charge in [0, 0.05) is 38.0 Å². The number of nitrogens with zero attached hydrogens (tertiary/aromatic N) is 4. The average molecular weight is 823 g/mol. The number of fused-ring (bicyclic) bond motifs is 9. The third kappa shape index (κ3) is 6.30. The van der Waals surface area contributed by atoms with Crippen LogP contribution in [0, 0.1) is 11.3 Å². The van der Waals surface area contributed by atoms with Gasteiger partial charge >= 0.3 is 0 Å². The second-order valence-corrected chi connectivity index (χ2v) is 21.9. The van der Waals surface area contributed by atoms with Crippen molar-refractivity contribution in [2.24, 2.45) is 0 Å². The van der Waals surface area contributed by atoms with Gasteiger partial charge in [0.15, 0.2) is 0 Å². The van der Waals surface area contributed by atoms with Crippen LogP contribution in [-0.4, -0.2) is 13.7 Å². The van der Waals surface area contributed by atoms with E-state index in [4.69, 9.17) is 0 Å². The fourth-order valence-electron chi connectivity index (χ4n) is 9.88. The van der Waals surface area contributed by atoms with Gasteiger partial charge in [-0.25, -0.2) is 0 Å². The van der Waals surface area contributed by atoms with Gasteiger partial charge in [0.1, 0.15) is 6.07 Å². The van der Waals surface area contributed by atoms with Crippen LogP contribution >= 0.6 is 0 Å². The monoisotopic (exact) mass is 822 g/mol. The fourth-order valence-corrected chi connectivity index (χ4v) is 9.88. The van der Waals surface area contributed by atoms with Crippen LogP contribution in [0.2, 0.25) is 0 Å². The van der Waals surface area contributed by atoms with Crippen LogP contribution in [0.5, 0.6) is 0 Å². The lowest BCUT2D eigenvalue weighted by Gasteiger charge is -2.22. The summed E-state index contributed by atoms with van der Waals surface area (Å²) in [6.45, 7) is 27.5. The number of aromatic nitrogens is 3. The quantitative estimate of drug-likeness (QED) is 0.175. The van der Waals surface area contributed by atoms with Gasteiger partial charge in [0.2, 0.25) is 0 Å². The SMILES string of the molecule is CC(C)(C)c1ccc2c(c1)c1cc(C(C)(C)C)ccc1n2-c1c(C#N)cc2c(c1-n1c3ccc(C(C)(C)C)cc3c3cc(C(C)(C)C)ccc31)c1ccccc1n2-c1ccccc1. The van der Waals surface area contributed by atoms with Crippen LogP contribution in [0.1, 0.15) is 111 Å². The highest BCUT2D eigenvalue weighted by atomic mass is 15.1. The molecule has 0 spiro atoms. The minimum absolute atomic E-state index is 0.0483. The fraction of sp³-hybridized carbons (Fsp3) is 0.271. The number of benzene rings is 7. The summed E-state index contributed by atoms with van der Waals surface area (Å²) in [5.74, 6) is 0. The first kappa shape index (κ1) is 40.5. The van der Waals surface area contributed by atoms with Gasteiger partial charge in [-0.1, -0.05) is 144 Å². The molecule has 4 nitrogen and oxygen atoms in total. The second-order valence-electron chi connectivity index (χ2n) is 21.9. The Hall–Kier alpha value is -6.57. The highest BCUT2D eigenvalue weighted by Gasteiger charge is 2.30. The van der Waals surface area contributed by atoms with Crippen LogP contribution in [0.4, 0.5) is 0 Å². The first-order valence-electron chi connectivity index (χ1n) is 22.5. The Kier molecular flexibility index (Phi) is 8.82. The largest absolute Gasteiger partial charge is 0.309 e. The molecule has 10 rings (SSSR count). The lowest BCUT2D eigenvalue weighted by atomic mass is 9.85. The molecule has 3 aromatic heterocycles. The van der Waals surface area contributed by atoms with Gasteiger partial charge in [-0.2, -0.15) is 5.26 Å². The van der Waals surface area contributed by atoms with Crippen molar-refractivity contribution < 1.29 is 0 Å². The van der Waals surface area contributed by atoms with Gasteiger partial charge < -0.3 is 13.7 Å². The van der Waals surface area contributed by atoms with E-state index in [1.807, 2.05) is 0 Å². The van der Waals surface area contributed by atoms with Crippen molar-refractivity contribution >= 4 is 65.4 Å². The van der Waals surface area contributed by atoms with E-state index in [0.29, 0.717) is 5.56 Å². The smallest absolute Gasteiger partial charge is 0.101 e. The number of para-hydroxylation sites is 2. The Balaban J connectivity index is 1.49. The zero-order valence-electron chi connectivity index (χ0n) is 39.0. The van der Waals surface area contributed by atoms with E-state index in [9.17, 15) is 5.26 Å². The number of hydrogen-bond acceptors (Lipinski definition) is 1. The molecule has 0 bridgehead atoms. The van der Waals surface area contributed by atoms with Crippen LogP contribution in [0.25, 0.3) is 82.5 Å². The zero-order chi connectivity index (χ0) is 44.5. The minimum atomic E-state index is -0.0494. The van der Waals surface area contributed by atoms with Crippen LogP contribution < -0.4 is 0 Å². The van der Waals surface area contributed by atoms with E-state index in [0.717, 1.165) is 60.9 Å². The molecule has 0 unspecified atom stereocenters. The zero-order valence-corrected chi connectivity index (χ0v) is 39.0. The number of rotatable bonds is 3. The summed E-state index contributed by atoms with van der Waals surface area (Å²) >= 11 is 0. The summed E-state index contributed by atoms with van der Waals surface area (Å²) in [6, 6.07) is 52.4. The number of nitriles is 1. The summed E-state index contributed by atoms with van der Waals surface area (Å²) < 4.78 is 7.25. The number of hydrogen-bond donors (Lipinski definition) is 0. The van der Waals surface area contributed by atoms with Crippen LogP contribution in [0.3, 0.4) is 0 Å². The lowest BCUT2D eigenvalue weighted by molar-refractivity contribution is 0.590. The minimum Gasteiger partial charge on any atom is -0.309 e. The maximum Gasteiger partial charge on any atom is 0.101 e. The molecular weight excluding hydrogens is 765 g/mol. The predicted octanol–water partition coefficient (Wildman–Crippen LogP) is 16.0. The van der Waals surface area contributed by atoms with E-state index in [-0.39, 0.29) is 21.7 Å². The standard InChI is InChI=1S/C59H58N4/c1-56(2,3)37-22-26-48-43(31-37)44-32-38(57(4,5)6)23-27-49(44)62(48)54-36(35-60)30-52-53(42-20-16-17-21-47(42)61(52)41-18-14-13-15-19-41)55(54)63-50-28-24-39(58(7,8)9)33-45(50)46-34-40(59(10,11)12)25-29-51(46)63/h13-34H,1-12H3.